The summed E-state index contributed by atoms with van der Waals surface area (Å²) in [5.74, 6) is 0.864. The standard InChI is InChI=1S/C8H8INO3.C7H8INO2/c1-12-6-3-5(8(11)13-2)4-10-7(6)9;1-11-6-2-5(4-10)3-9-7(6)8/h3-4H,1-2H3;2-3,10H,4H2,1H3. The predicted molar refractivity (Wildman–Crippen MR) is 104 cm³/mol. The molecule has 0 atom stereocenters. The molecule has 0 aromatic carbocycles. The number of carbonyl (C=O) groups excluding carboxylic acids is 1. The SMILES string of the molecule is COC(=O)c1cnc(I)c(OC)c1.COc1cc(CO)cnc1I. The van der Waals surface area contributed by atoms with Gasteiger partial charge in [-0.05, 0) is 62.9 Å². The quantitative estimate of drug-likeness (QED) is 0.351. The molecule has 1 N–H and O–H groups in total. The number of aromatic nitrogens is 2. The van der Waals surface area contributed by atoms with Crippen LogP contribution in [0, 0.1) is 7.40 Å². The number of rotatable bonds is 4. The average molecular weight is 558 g/mol. The number of halogens is 2. The molecule has 0 bridgehead atoms. The van der Waals surface area contributed by atoms with Gasteiger partial charge >= 0.3 is 5.97 Å². The fourth-order valence-corrected chi connectivity index (χ4v) is 2.53. The third kappa shape index (κ3) is 6.02. The van der Waals surface area contributed by atoms with E-state index in [0.29, 0.717) is 20.8 Å². The topological polar surface area (TPSA) is 90.8 Å². The van der Waals surface area contributed by atoms with E-state index in [1.807, 2.05) is 22.6 Å². The molecule has 0 aliphatic rings. The molecule has 9 heteroatoms. The van der Waals surface area contributed by atoms with Crippen LogP contribution in [0.25, 0.3) is 0 Å². The van der Waals surface area contributed by atoms with Crippen molar-refractivity contribution in [2.24, 2.45) is 0 Å². The summed E-state index contributed by atoms with van der Waals surface area (Å²) in [6.07, 6.45) is 3.08. The number of nitrogens with zero attached hydrogens (tertiary/aromatic N) is 2. The third-order valence-corrected chi connectivity index (χ3v) is 4.33. The number of ether oxygens (including phenoxy) is 3. The number of aliphatic hydroxyl groups is 1. The Morgan fingerprint density at radius 1 is 1.04 bits per heavy atom. The number of hydrogen-bond acceptors (Lipinski definition) is 7. The van der Waals surface area contributed by atoms with Crippen LogP contribution >= 0.6 is 45.2 Å². The number of aliphatic hydroxyl groups excluding tert-OH is 1. The first-order chi connectivity index (χ1) is 11.5. The summed E-state index contributed by atoms with van der Waals surface area (Å²) in [6, 6.07) is 3.37. The van der Waals surface area contributed by atoms with E-state index in [1.165, 1.54) is 20.4 Å². The number of esters is 1. The van der Waals surface area contributed by atoms with Crippen molar-refractivity contribution in [3.63, 3.8) is 0 Å². The van der Waals surface area contributed by atoms with Crippen molar-refractivity contribution in [1.29, 1.82) is 0 Å². The summed E-state index contributed by atoms with van der Waals surface area (Å²) in [7, 11) is 4.44. The van der Waals surface area contributed by atoms with E-state index < -0.39 is 5.97 Å². The van der Waals surface area contributed by atoms with Gasteiger partial charge in [0.25, 0.3) is 0 Å². The maximum Gasteiger partial charge on any atom is 0.339 e. The Labute approximate surface area is 167 Å². The van der Waals surface area contributed by atoms with Crippen LogP contribution in [0.15, 0.2) is 24.5 Å². The molecule has 2 rings (SSSR count). The van der Waals surface area contributed by atoms with Crippen molar-refractivity contribution < 1.29 is 24.1 Å². The molecule has 0 saturated carbocycles. The Bertz CT molecular complexity index is 698. The lowest BCUT2D eigenvalue weighted by molar-refractivity contribution is 0.0599. The molecular weight excluding hydrogens is 542 g/mol. The van der Waals surface area contributed by atoms with E-state index >= 15 is 0 Å². The Morgan fingerprint density at radius 2 is 1.58 bits per heavy atom. The molecule has 0 aliphatic carbocycles. The summed E-state index contributed by atoms with van der Waals surface area (Å²) in [4.78, 5) is 19.1. The van der Waals surface area contributed by atoms with Crippen molar-refractivity contribution in [2.45, 2.75) is 6.61 Å². The molecule has 130 valence electrons. The van der Waals surface area contributed by atoms with E-state index in [1.54, 1.807) is 25.4 Å². The van der Waals surface area contributed by atoms with Crippen LogP contribution in [0.2, 0.25) is 0 Å². The van der Waals surface area contributed by atoms with Gasteiger partial charge in [-0.1, -0.05) is 0 Å². The maximum atomic E-state index is 11.1. The van der Waals surface area contributed by atoms with E-state index in [9.17, 15) is 4.79 Å². The number of carbonyl (C=O) groups is 1. The molecule has 2 aromatic rings. The highest BCUT2D eigenvalue weighted by molar-refractivity contribution is 14.1. The normalized spacial score (nSPS) is 9.58. The zero-order valence-electron chi connectivity index (χ0n) is 13.2. The largest absolute Gasteiger partial charge is 0.494 e. The van der Waals surface area contributed by atoms with Crippen LogP contribution in [-0.2, 0) is 11.3 Å². The van der Waals surface area contributed by atoms with Gasteiger partial charge < -0.3 is 19.3 Å². The number of methoxy groups -OCH3 is 3. The van der Waals surface area contributed by atoms with E-state index in [0.717, 1.165) is 9.26 Å². The highest BCUT2D eigenvalue weighted by Gasteiger charge is 2.09. The summed E-state index contributed by atoms with van der Waals surface area (Å²) < 4.78 is 16.1. The second-order valence-electron chi connectivity index (χ2n) is 4.20. The van der Waals surface area contributed by atoms with Crippen molar-refractivity contribution in [2.75, 3.05) is 21.3 Å². The molecule has 0 radical (unpaired) electrons. The Balaban J connectivity index is 0.000000243. The van der Waals surface area contributed by atoms with Gasteiger partial charge in [-0.2, -0.15) is 0 Å². The minimum absolute atomic E-state index is 0.000278. The maximum absolute atomic E-state index is 11.1. The van der Waals surface area contributed by atoms with Gasteiger partial charge in [0.15, 0.2) is 11.5 Å². The highest BCUT2D eigenvalue weighted by Crippen LogP contribution is 2.19. The van der Waals surface area contributed by atoms with Gasteiger partial charge in [0, 0.05) is 12.4 Å². The smallest absolute Gasteiger partial charge is 0.339 e. The third-order valence-electron chi connectivity index (χ3n) is 2.71. The van der Waals surface area contributed by atoms with Gasteiger partial charge in [0.2, 0.25) is 0 Å². The van der Waals surface area contributed by atoms with Crippen molar-refractivity contribution in [3.05, 3.63) is 43.1 Å². The predicted octanol–water partition coefficient (Wildman–Crippen LogP) is 2.67. The Kier molecular flexibility index (Phi) is 9.21. The first-order valence-electron chi connectivity index (χ1n) is 6.53. The van der Waals surface area contributed by atoms with Gasteiger partial charge in [0.05, 0.1) is 33.5 Å². The molecule has 0 saturated heterocycles. The first kappa shape index (κ1) is 20.8. The van der Waals surface area contributed by atoms with Gasteiger partial charge in [0.1, 0.15) is 7.40 Å². The summed E-state index contributed by atoms with van der Waals surface area (Å²) in [6.45, 7) is 0.000278. The molecule has 24 heavy (non-hydrogen) atoms. The van der Waals surface area contributed by atoms with Crippen LogP contribution in [0.1, 0.15) is 15.9 Å². The molecule has 0 spiro atoms. The van der Waals surface area contributed by atoms with Crippen molar-refractivity contribution in [3.8, 4) is 11.5 Å². The van der Waals surface area contributed by atoms with E-state index in [2.05, 4.69) is 37.3 Å². The number of pyridine rings is 2. The molecular formula is C15H16I2N2O5. The van der Waals surface area contributed by atoms with Crippen LogP contribution < -0.4 is 9.47 Å². The molecule has 2 aromatic heterocycles. The zero-order chi connectivity index (χ0) is 18.1. The first-order valence-corrected chi connectivity index (χ1v) is 8.69. The molecule has 0 aliphatic heterocycles. The molecule has 7 nitrogen and oxygen atoms in total. The fourth-order valence-electron chi connectivity index (χ4n) is 1.50. The zero-order valence-corrected chi connectivity index (χ0v) is 17.6. The van der Waals surface area contributed by atoms with Gasteiger partial charge in [-0.15, -0.1) is 0 Å². The van der Waals surface area contributed by atoms with Crippen LogP contribution in [0.5, 0.6) is 11.5 Å². The van der Waals surface area contributed by atoms with Crippen molar-refractivity contribution >= 4 is 51.2 Å². The summed E-state index contributed by atoms with van der Waals surface area (Å²) in [5, 5.41) is 8.75. The minimum atomic E-state index is -0.415. The minimum Gasteiger partial charge on any atom is -0.494 e. The fraction of sp³-hybridized carbons (Fsp3) is 0.267. The average Bonchev–Trinajstić information content (AvgIpc) is 2.62. The Hall–Kier alpha value is -1.21. The summed E-state index contributed by atoms with van der Waals surface area (Å²) in [5.41, 5.74) is 1.15. The summed E-state index contributed by atoms with van der Waals surface area (Å²) >= 11 is 4.10. The Morgan fingerprint density at radius 3 is 2.08 bits per heavy atom. The number of hydrogen-bond donors (Lipinski definition) is 1. The second-order valence-corrected chi connectivity index (χ2v) is 6.25. The van der Waals surface area contributed by atoms with Crippen LogP contribution in [-0.4, -0.2) is 42.4 Å². The van der Waals surface area contributed by atoms with E-state index in [4.69, 9.17) is 14.6 Å². The van der Waals surface area contributed by atoms with Gasteiger partial charge in [-0.3, -0.25) is 0 Å². The van der Waals surface area contributed by atoms with Crippen LogP contribution in [0.3, 0.4) is 0 Å². The second kappa shape index (κ2) is 10.6. The van der Waals surface area contributed by atoms with Crippen LogP contribution in [0.4, 0.5) is 0 Å². The monoisotopic (exact) mass is 558 g/mol. The van der Waals surface area contributed by atoms with E-state index in [-0.39, 0.29) is 6.61 Å². The lowest BCUT2D eigenvalue weighted by Crippen LogP contribution is -2.03. The lowest BCUT2D eigenvalue weighted by atomic mass is 10.3. The van der Waals surface area contributed by atoms with Crippen molar-refractivity contribution in [1.82, 2.24) is 9.97 Å². The lowest BCUT2D eigenvalue weighted by Gasteiger charge is -2.03. The molecule has 0 amide bonds. The molecule has 0 fully saturated rings. The highest BCUT2D eigenvalue weighted by atomic mass is 127. The molecule has 2 heterocycles. The van der Waals surface area contributed by atoms with Gasteiger partial charge in [-0.25, -0.2) is 14.8 Å². The molecule has 0 unspecified atom stereocenters.